The molecule has 0 aliphatic rings. The summed E-state index contributed by atoms with van der Waals surface area (Å²) < 4.78 is 0. The molecule has 0 unspecified atom stereocenters. The van der Waals surface area contributed by atoms with Gasteiger partial charge in [-0.15, -0.1) is 0 Å². The van der Waals surface area contributed by atoms with Crippen LogP contribution in [0.4, 0.5) is 5.69 Å². The zero-order valence-corrected chi connectivity index (χ0v) is 11.3. The second kappa shape index (κ2) is 5.12. The van der Waals surface area contributed by atoms with Gasteiger partial charge in [-0.1, -0.05) is 41.0 Å². The molecule has 0 amide bonds. The molecule has 0 aliphatic carbocycles. The van der Waals surface area contributed by atoms with E-state index in [2.05, 4.69) is 9.97 Å². The Morgan fingerprint density at radius 2 is 2.06 bits per heavy atom. The molecule has 1 aromatic carbocycles. The van der Waals surface area contributed by atoms with E-state index >= 15 is 0 Å². The summed E-state index contributed by atoms with van der Waals surface area (Å²) in [6.07, 6.45) is 1.51. The molecule has 0 aliphatic heterocycles. The minimum atomic E-state index is 0.380. The van der Waals surface area contributed by atoms with Crippen LogP contribution in [-0.4, -0.2) is 9.97 Å². The Bertz CT molecular complexity index is 560. The number of halogens is 2. The van der Waals surface area contributed by atoms with Crippen molar-refractivity contribution in [2.45, 2.75) is 16.8 Å². The average Bonchev–Trinajstić information content (AvgIpc) is 2.28. The smallest absolute Gasteiger partial charge is 0.147 e. The van der Waals surface area contributed by atoms with Crippen LogP contribution < -0.4 is 5.73 Å². The van der Waals surface area contributed by atoms with Gasteiger partial charge < -0.3 is 5.73 Å². The Balaban J connectivity index is 2.35. The molecule has 0 saturated heterocycles. The fourth-order valence-electron chi connectivity index (χ4n) is 1.25. The number of benzene rings is 1. The normalized spacial score (nSPS) is 10.5. The average molecular weight is 286 g/mol. The minimum Gasteiger partial charge on any atom is -0.397 e. The van der Waals surface area contributed by atoms with Gasteiger partial charge in [0.25, 0.3) is 0 Å². The third-order valence-electron chi connectivity index (χ3n) is 2.07. The first-order valence-corrected chi connectivity index (χ1v) is 6.36. The predicted molar refractivity (Wildman–Crippen MR) is 71.8 cm³/mol. The fraction of sp³-hybridized carbons (Fsp3) is 0.0909. The lowest BCUT2D eigenvalue weighted by Crippen LogP contribution is -1.92. The molecule has 2 rings (SSSR count). The van der Waals surface area contributed by atoms with Crippen molar-refractivity contribution in [2.75, 3.05) is 5.73 Å². The molecular weight excluding hydrogens is 277 g/mol. The summed E-state index contributed by atoms with van der Waals surface area (Å²) in [7, 11) is 0. The third-order valence-corrected chi connectivity index (χ3v) is 3.94. The van der Waals surface area contributed by atoms with Crippen molar-refractivity contribution in [2.24, 2.45) is 0 Å². The zero-order valence-electron chi connectivity index (χ0n) is 8.95. The number of aryl methyl sites for hydroxylation is 1. The molecular formula is C11H9Cl2N3S. The summed E-state index contributed by atoms with van der Waals surface area (Å²) in [6, 6.07) is 5.49. The summed E-state index contributed by atoms with van der Waals surface area (Å²) in [5.74, 6) is 0. The van der Waals surface area contributed by atoms with E-state index in [0.29, 0.717) is 15.9 Å². The van der Waals surface area contributed by atoms with Crippen LogP contribution in [0.3, 0.4) is 0 Å². The lowest BCUT2D eigenvalue weighted by molar-refractivity contribution is 0.986. The molecule has 17 heavy (non-hydrogen) atoms. The second-order valence-electron chi connectivity index (χ2n) is 3.34. The SMILES string of the molecule is Cc1nc(Cl)cnc1Sc1cccc(N)c1Cl. The van der Waals surface area contributed by atoms with Gasteiger partial charge in [-0.2, -0.15) is 0 Å². The first-order valence-electron chi connectivity index (χ1n) is 4.79. The van der Waals surface area contributed by atoms with Gasteiger partial charge in [0, 0.05) is 4.90 Å². The van der Waals surface area contributed by atoms with Crippen molar-refractivity contribution in [1.82, 2.24) is 9.97 Å². The summed E-state index contributed by atoms with van der Waals surface area (Å²) in [4.78, 5) is 9.20. The van der Waals surface area contributed by atoms with Crippen LogP contribution >= 0.6 is 35.0 Å². The number of anilines is 1. The standard InChI is InChI=1S/C11H9Cl2N3S/c1-6-11(15-5-9(12)16-6)17-8-4-2-3-7(14)10(8)13/h2-5H,14H2,1H3. The van der Waals surface area contributed by atoms with Crippen molar-refractivity contribution in [3.63, 3.8) is 0 Å². The molecule has 0 saturated carbocycles. The fourth-order valence-corrected chi connectivity index (χ4v) is 2.53. The molecule has 0 radical (unpaired) electrons. The van der Waals surface area contributed by atoms with Crippen LogP contribution in [0.5, 0.6) is 0 Å². The topological polar surface area (TPSA) is 51.8 Å². The van der Waals surface area contributed by atoms with Crippen molar-refractivity contribution >= 4 is 40.7 Å². The molecule has 2 N–H and O–H groups in total. The van der Waals surface area contributed by atoms with Gasteiger partial charge in [0.1, 0.15) is 10.2 Å². The molecule has 2 aromatic rings. The van der Waals surface area contributed by atoms with Gasteiger partial charge in [0.15, 0.2) is 0 Å². The lowest BCUT2D eigenvalue weighted by atomic mass is 10.3. The van der Waals surface area contributed by atoms with Gasteiger partial charge in [-0.3, -0.25) is 0 Å². The summed E-state index contributed by atoms with van der Waals surface area (Å²) in [5, 5.41) is 1.68. The highest BCUT2D eigenvalue weighted by Crippen LogP contribution is 2.36. The number of nitrogens with zero attached hydrogens (tertiary/aromatic N) is 2. The molecule has 6 heteroatoms. The van der Waals surface area contributed by atoms with E-state index in [0.717, 1.165) is 15.6 Å². The van der Waals surface area contributed by atoms with Crippen molar-refractivity contribution < 1.29 is 0 Å². The number of nitrogen functional groups attached to an aromatic ring is 1. The van der Waals surface area contributed by atoms with E-state index in [9.17, 15) is 0 Å². The molecule has 88 valence electrons. The van der Waals surface area contributed by atoms with Crippen LogP contribution in [0.1, 0.15) is 5.69 Å². The second-order valence-corrected chi connectivity index (χ2v) is 5.14. The molecule has 3 nitrogen and oxygen atoms in total. The zero-order chi connectivity index (χ0) is 12.4. The Morgan fingerprint density at radius 1 is 1.29 bits per heavy atom. The minimum absolute atomic E-state index is 0.380. The molecule has 0 bridgehead atoms. The van der Waals surface area contributed by atoms with Crippen LogP contribution in [0.2, 0.25) is 10.2 Å². The van der Waals surface area contributed by atoms with E-state index in [1.165, 1.54) is 18.0 Å². The maximum Gasteiger partial charge on any atom is 0.147 e. The molecule has 0 fully saturated rings. The first kappa shape index (κ1) is 12.5. The van der Waals surface area contributed by atoms with E-state index in [-0.39, 0.29) is 0 Å². The number of hydrogen-bond acceptors (Lipinski definition) is 4. The van der Waals surface area contributed by atoms with Gasteiger partial charge in [0.2, 0.25) is 0 Å². The predicted octanol–water partition coefficient (Wildman–Crippen LogP) is 3.83. The number of nitrogens with two attached hydrogens (primary N) is 1. The van der Waals surface area contributed by atoms with Crippen LogP contribution in [-0.2, 0) is 0 Å². The van der Waals surface area contributed by atoms with E-state index in [4.69, 9.17) is 28.9 Å². The largest absolute Gasteiger partial charge is 0.397 e. The third kappa shape index (κ3) is 2.83. The maximum atomic E-state index is 6.11. The Labute approximate surface area is 113 Å². The van der Waals surface area contributed by atoms with Crippen molar-refractivity contribution in [3.05, 3.63) is 40.3 Å². The van der Waals surface area contributed by atoms with Crippen LogP contribution in [0.25, 0.3) is 0 Å². The number of rotatable bonds is 2. The van der Waals surface area contributed by atoms with Gasteiger partial charge >= 0.3 is 0 Å². The van der Waals surface area contributed by atoms with Crippen LogP contribution in [0, 0.1) is 6.92 Å². The van der Waals surface area contributed by atoms with Gasteiger partial charge in [-0.25, -0.2) is 9.97 Å². The van der Waals surface area contributed by atoms with Gasteiger partial charge in [-0.05, 0) is 19.1 Å². The highest BCUT2D eigenvalue weighted by molar-refractivity contribution is 7.99. The molecule has 0 spiro atoms. The van der Waals surface area contributed by atoms with Crippen LogP contribution in [0.15, 0.2) is 34.3 Å². The molecule has 1 aromatic heterocycles. The summed E-state index contributed by atoms with van der Waals surface area (Å²) >= 11 is 13.3. The molecule has 0 atom stereocenters. The Morgan fingerprint density at radius 3 is 2.76 bits per heavy atom. The van der Waals surface area contributed by atoms with Gasteiger partial charge in [0.05, 0.1) is 22.6 Å². The lowest BCUT2D eigenvalue weighted by Gasteiger charge is -2.07. The number of hydrogen-bond donors (Lipinski definition) is 1. The maximum absolute atomic E-state index is 6.11. The Kier molecular flexibility index (Phi) is 3.76. The van der Waals surface area contributed by atoms with Crippen molar-refractivity contribution in [3.8, 4) is 0 Å². The highest BCUT2D eigenvalue weighted by atomic mass is 35.5. The van der Waals surface area contributed by atoms with E-state index < -0.39 is 0 Å². The van der Waals surface area contributed by atoms with Crippen molar-refractivity contribution in [1.29, 1.82) is 0 Å². The van der Waals surface area contributed by atoms with E-state index in [1.807, 2.05) is 19.1 Å². The summed E-state index contributed by atoms with van der Waals surface area (Å²) in [6.45, 7) is 1.85. The highest BCUT2D eigenvalue weighted by Gasteiger charge is 2.09. The molecule has 1 heterocycles. The van der Waals surface area contributed by atoms with E-state index in [1.54, 1.807) is 6.07 Å². The monoisotopic (exact) mass is 285 g/mol. The number of aromatic nitrogens is 2. The Hall–Kier alpha value is -0.970. The quantitative estimate of drug-likeness (QED) is 0.852. The summed E-state index contributed by atoms with van der Waals surface area (Å²) in [5.41, 5.74) is 7.05. The first-order chi connectivity index (χ1) is 8.08.